The maximum atomic E-state index is 12.2. The summed E-state index contributed by atoms with van der Waals surface area (Å²) in [5.74, 6) is -0.174. The molecule has 1 atom stereocenters. The van der Waals surface area contributed by atoms with Crippen molar-refractivity contribution in [2.45, 2.75) is 13.8 Å². The summed E-state index contributed by atoms with van der Waals surface area (Å²) in [6.07, 6.45) is 0. The number of rotatable bonds is 5. The second-order valence-electron chi connectivity index (χ2n) is 3.87. The van der Waals surface area contributed by atoms with Crippen molar-refractivity contribution in [2.24, 2.45) is 16.8 Å². The van der Waals surface area contributed by atoms with Crippen molar-refractivity contribution in [1.29, 1.82) is 0 Å². The number of hydrogen-bond acceptors (Lipinski definition) is 4. The standard InChI is InChI=1S/C11H16ClN3O2S/c1-3-15(6-7(2)10(13)14-17)11(16)8-4-5-9(12)18-8/h4-5,7,17H,3,6H2,1-2H3,(H2,13,14). The highest BCUT2D eigenvalue weighted by Gasteiger charge is 2.20. The zero-order chi connectivity index (χ0) is 13.7. The number of amidine groups is 1. The van der Waals surface area contributed by atoms with E-state index in [1.54, 1.807) is 24.0 Å². The van der Waals surface area contributed by atoms with Gasteiger partial charge >= 0.3 is 0 Å². The van der Waals surface area contributed by atoms with Crippen molar-refractivity contribution in [1.82, 2.24) is 4.90 Å². The number of amides is 1. The predicted molar refractivity (Wildman–Crippen MR) is 73.5 cm³/mol. The van der Waals surface area contributed by atoms with Crippen molar-refractivity contribution in [3.05, 3.63) is 21.3 Å². The molecule has 1 amide bonds. The molecule has 1 unspecified atom stereocenters. The molecule has 0 spiro atoms. The van der Waals surface area contributed by atoms with E-state index in [0.29, 0.717) is 22.3 Å². The number of hydrogen-bond donors (Lipinski definition) is 2. The van der Waals surface area contributed by atoms with Crippen molar-refractivity contribution in [3.63, 3.8) is 0 Å². The second-order valence-corrected chi connectivity index (χ2v) is 5.59. The molecular formula is C11H16ClN3O2S. The lowest BCUT2D eigenvalue weighted by Gasteiger charge is -2.23. The van der Waals surface area contributed by atoms with E-state index in [1.807, 2.05) is 6.92 Å². The molecule has 5 nitrogen and oxygen atoms in total. The third-order valence-electron chi connectivity index (χ3n) is 2.57. The minimum absolute atomic E-state index is 0.0908. The zero-order valence-electron chi connectivity index (χ0n) is 10.3. The first-order valence-corrected chi connectivity index (χ1v) is 6.71. The summed E-state index contributed by atoms with van der Waals surface area (Å²) in [6.45, 7) is 4.64. The van der Waals surface area contributed by atoms with Gasteiger partial charge in [-0.2, -0.15) is 0 Å². The van der Waals surface area contributed by atoms with Gasteiger partial charge in [-0.3, -0.25) is 4.79 Å². The molecule has 0 fully saturated rings. The Morgan fingerprint density at radius 3 is 2.78 bits per heavy atom. The third-order valence-corrected chi connectivity index (χ3v) is 3.79. The molecule has 7 heteroatoms. The summed E-state index contributed by atoms with van der Waals surface area (Å²) >= 11 is 7.05. The molecule has 0 saturated heterocycles. The lowest BCUT2D eigenvalue weighted by molar-refractivity contribution is 0.0758. The maximum Gasteiger partial charge on any atom is 0.263 e. The van der Waals surface area contributed by atoms with Crippen molar-refractivity contribution >= 4 is 34.7 Å². The van der Waals surface area contributed by atoms with Gasteiger partial charge in [0.2, 0.25) is 0 Å². The first-order valence-electron chi connectivity index (χ1n) is 5.51. The van der Waals surface area contributed by atoms with Gasteiger partial charge in [0.1, 0.15) is 5.84 Å². The SMILES string of the molecule is CCN(CC(C)C(N)=NO)C(=O)c1ccc(Cl)s1. The Labute approximate surface area is 115 Å². The molecule has 0 radical (unpaired) electrons. The van der Waals surface area contributed by atoms with E-state index in [9.17, 15) is 4.79 Å². The van der Waals surface area contributed by atoms with E-state index in [4.69, 9.17) is 22.5 Å². The molecule has 0 saturated carbocycles. The Kier molecular flexibility index (Phi) is 5.43. The van der Waals surface area contributed by atoms with Crippen LogP contribution in [0.5, 0.6) is 0 Å². The van der Waals surface area contributed by atoms with Crippen molar-refractivity contribution < 1.29 is 10.0 Å². The molecule has 18 heavy (non-hydrogen) atoms. The van der Waals surface area contributed by atoms with Crippen LogP contribution in [0.15, 0.2) is 17.3 Å². The van der Waals surface area contributed by atoms with Crippen LogP contribution in [0.3, 0.4) is 0 Å². The summed E-state index contributed by atoms with van der Waals surface area (Å²) in [5, 5.41) is 11.5. The Morgan fingerprint density at radius 1 is 1.67 bits per heavy atom. The molecule has 0 aliphatic carbocycles. The average Bonchev–Trinajstić information content (AvgIpc) is 2.80. The zero-order valence-corrected chi connectivity index (χ0v) is 11.8. The lowest BCUT2D eigenvalue weighted by Crippen LogP contribution is -2.38. The molecule has 1 heterocycles. The Bertz CT molecular complexity index is 447. The molecule has 1 rings (SSSR count). The Balaban J connectivity index is 2.75. The summed E-state index contributed by atoms with van der Waals surface area (Å²) in [5.41, 5.74) is 5.51. The van der Waals surface area contributed by atoms with Gasteiger partial charge in [-0.1, -0.05) is 23.7 Å². The maximum absolute atomic E-state index is 12.2. The van der Waals surface area contributed by atoms with Gasteiger partial charge in [0, 0.05) is 19.0 Å². The van der Waals surface area contributed by atoms with Crippen LogP contribution >= 0.6 is 22.9 Å². The van der Waals surface area contributed by atoms with Crippen LogP contribution in [-0.4, -0.2) is 34.9 Å². The number of halogens is 1. The second kappa shape index (κ2) is 6.61. The van der Waals surface area contributed by atoms with Gasteiger partial charge < -0.3 is 15.8 Å². The number of nitrogens with two attached hydrogens (primary N) is 1. The van der Waals surface area contributed by atoms with Crippen LogP contribution < -0.4 is 5.73 Å². The van der Waals surface area contributed by atoms with E-state index >= 15 is 0 Å². The molecule has 1 aromatic heterocycles. The molecular weight excluding hydrogens is 274 g/mol. The van der Waals surface area contributed by atoms with Gasteiger partial charge in [0.05, 0.1) is 9.21 Å². The van der Waals surface area contributed by atoms with Crippen LogP contribution in [0.25, 0.3) is 0 Å². The first-order chi connectivity index (χ1) is 8.49. The molecule has 100 valence electrons. The van der Waals surface area contributed by atoms with Crippen LogP contribution in [0.4, 0.5) is 0 Å². The van der Waals surface area contributed by atoms with Gasteiger partial charge in [-0.05, 0) is 19.1 Å². The van der Waals surface area contributed by atoms with Crippen LogP contribution in [0.1, 0.15) is 23.5 Å². The highest BCUT2D eigenvalue weighted by Crippen LogP contribution is 2.23. The fraction of sp³-hybridized carbons (Fsp3) is 0.455. The van der Waals surface area contributed by atoms with E-state index in [-0.39, 0.29) is 17.7 Å². The van der Waals surface area contributed by atoms with Gasteiger partial charge in [0.15, 0.2) is 0 Å². The quantitative estimate of drug-likeness (QED) is 0.378. The number of thiophene rings is 1. The van der Waals surface area contributed by atoms with Crippen LogP contribution in [0.2, 0.25) is 4.34 Å². The van der Waals surface area contributed by atoms with E-state index in [2.05, 4.69) is 5.16 Å². The van der Waals surface area contributed by atoms with Crippen molar-refractivity contribution in [2.75, 3.05) is 13.1 Å². The minimum Gasteiger partial charge on any atom is -0.409 e. The van der Waals surface area contributed by atoms with E-state index in [1.165, 1.54) is 11.3 Å². The largest absolute Gasteiger partial charge is 0.409 e. The number of nitrogens with zero attached hydrogens (tertiary/aromatic N) is 2. The molecule has 1 aromatic rings. The number of carbonyl (C=O) groups is 1. The van der Waals surface area contributed by atoms with E-state index < -0.39 is 0 Å². The molecule has 0 bridgehead atoms. The van der Waals surface area contributed by atoms with Gasteiger partial charge in [-0.15, -0.1) is 11.3 Å². The summed E-state index contributed by atoms with van der Waals surface area (Å²) in [6, 6.07) is 3.40. The highest BCUT2D eigenvalue weighted by molar-refractivity contribution is 7.17. The lowest BCUT2D eigenvalue weighted by atomic mass is 10.1. The van der Waals surface area contributed by atoms with Crippen LogP contribution in [0, 0.1) is 5.92 Å². The monoisotopic (exact) mass is 289 g/mol. The topological polar surface area (TPSA) is 78.9 Å². The first kappa shape index (κ1) is 14.8. The van der Waals surface area contributed by atoms with Gasteiger partial charge in [0.25, 0.3) is 5.91 Å². The molecule has 0 aliphatic heterocycles. The molecule has 0 aliphatic rings. The normalized spacial score (nSPS) is 13.4. The van der Waals surface area contributed by atoms with Crippen molar-refractivity contribution in [3.8, 4) is 0 Å². The summed E-state index contributed by atoms with van der Waals surface area (Å²) < 4.78 is 0.582. The number of oxime groups is 1. The smallest absolute Gasteiger partial charge is 0.263 e. The molecule has 3 N–H and O–H groups in total. The summed E-state index contributed by atoms with van der Waals surface area (Å²) in [4.78, 5) is 14.4. The third kappa shape index (κ3) is 3.61. The highest BCUT2D eigenvalue weighted by atomic mass is 35.5. The average molecular weight is 290 g/mol. The van der Waals surface area contributed by atoms with E-state index in [0.717, 1.165) is 0 Å². The predicted octanol–water partition coefficient (Wildman–Crippen LogP) is 2.25. The fourth-order valence-electron chi connectivity index (χ4n) is 1.46. The fourth-order valence-corrected chi connectivity index (χ4v) is 2.47. The Hall–Kier alpha value is -1.27. The summed E-state index contributed by atoms with van der Waals surface area (Å²) in [7, 11) is 0. The van der Waals surface area contributed by atoms with Crippen LogP contribution in [-0.2, 0) is 0 Å². The van der Waals surface area contributed by atoms with Gasteiger partial charge in [-0.25, -0.2) is 0 Å². The molecule has 0 aromatic carbocycles. The Morgan fingerprint density at radius 2 is 2.33 bits per heavy atom. The number of carbonyl (C=O) groups excluding carboxylic acids is 1. The minimum atomic E-state index is -0.200.